The summed E-state index contributed by atoms with van der Waals surface area (Å²) >= 11 is 14.5. The van der Waals surface area contributed by atoms with Crippen LogP contribution in [-0.4, -0.2) is 0 Å². The molecule has 1 aliphatic rings. The fourth-order valence-electron chi connectivity index (χ4n) is 2.88. The molecule has 1 aromatic rings. The van der Waals surface area contributed by atoms with E-state index in [9.17, 15) is 0 Å². The maximum absolute atomic E-state index is 6.71. The number of hydrogen-bond acceptors (Lipinski definition) is 1. The SMILES string of the molecule is Cc1cc(C(Cl)C2CCCCC2(C)C)sc1Cl. The maximum Gasteiger partial charge on any atom is 0.0960 e. The third-order valence-electron chi connectivity index (χ3n) is 4.09. The van der Waals surface area contributed by atoms with Gasteiger partial charge in [0.1, 0.15) is 0 Å². The van der Waals surface area contributed by atoms with E-state index in [4.69, 9.17) is 23.2 Å². The maximum atomic E-state index is 6.71. The van der Waals surface area contributed by atoms with Gasteiger partial charge in [-0.2, -0.15) is 0 Å². The molecule has 0 aliphatic heterocycles. The average molecular weight is 291 g/mol. The summed E-state index contributed by atoms with van der Waals surface area (Å²) in [5.74, 6) is 0.576. The monoisotopic (exact) mass is 290 g/mol. The zero-order valence-corrected chi connectivity index (χ0v) is 13.1. The van der Waals surface area contributed by atoms with Crippen molar-refractivity contribution in [3.63, 3.8) is 0 Å². The Morgan fingerprint density at radius 3 is 2.65 bits per heavy atom. The summed E-state index contributed by atoms with van der Waals surface area (Å²) in [6.45, 7) is 6.76. The summed E-state index contributed by atoms with van der Waals surface area (Å²) in [6, 6.07) is 2.16. The molecule has 0 N–H and O–H groups in total. The lowest BCUT2D eigenvalue weighted by Gasteiger charge is -2.41. The summed E-state index contributed by atoms with van der Waals surface area (Å²) in [5.41, 5.74) is 1.51. The molecule has 1 fully saturated rings. The molecule has 1 saturated carbocycles. The average Bonchev–Trinajstić information content (AvgIpc) is 2.58. The van der Waals surface area contributed by atoms with Crippen LogP contribution in [0.15, 0.2) is 6.07 Å². The van der Waals surface area contributed by atoms with E-state index in [0.29, 0.717) is 11.3 Å². The molecule has 17 heavy (non-hydrogen) atoms. The molecule has 1 aliphatic carbocycles. The molecule has 0 radical (unpaired) electrons. The topological polar surface area (TPSA) is 0 Å². The minimum atomic E-state index is 0.126. The molecule has 1 aromatic heterocycles. The van der Waals surface area contributed by atoms with E-state index >= 15 is 0 Å². The highest BCUT2D eigenvalue weighted by molar-refractivity contribution is 7.16. The van der Waals surface area contributed by atoms with Crippen molar-refractivity contribution in [1.82, 2.24) is 0 Å². The zero-order valence-electron chi connectivity index (χ0n) is 10.7. The molecule has 2 unspecified atom stereocenters. The van der Waals surface area contributed by atoms with Gasteiger partial charge in [-0.15, -0.1) is 22.9 Å². The van der Waals surface area contributed by atoms with Gasteiger partial charge in [-0.3, -0.25) is 0 Å². The van der Waals surface area contributed by atoms with Gasteiger partial charge in [0.05, 0.1) is 9.71 Å². The van der Waals surface area contributed by atoms with Crippen LogP contribution in [0.5, 0.6) is 0 Å². The van der Waals surface area contributed by atoms with Crippen molar-refractivity contribution in [2.24, 2.45) is 11.3 Å². The molecule has 0 amide bonds. The third kappa shape index (κ3) is 2.83. The summed E-state index contributed by atoms with van der Waals surface area (Å²) in [7, 11) is 0. The van der Waals surface area contributed by atoms with E-state index in [1.807, 2.05) is 0 Å². The molecule has 0 aromatic carbocycles. The quantitative estimate of drug-likeness (QED) is 0.568. The molecule has 2 atom stereocenters. The first-order valence-electron chi connectivity index (χ1n) is 6.32. The molecular formula is C14H20Cl2S. The predicted octanol–water partition coefficient (Wildman–Crippen LogP) is 6.21. The Morgan fingerprint density at radius 1 is 1.41 bits per heavy atom. The summed E-state index contributed by atoms with van der Waals surface area (Å²) in [5, 5.41) is 0.126. The van der Waals surface area contributed by atoms with E-state index in [0.717, 1.165) is 9.90 Å². The molecule has 96 valence electrons. The van der Waals surface area contributed by atoms with Crippen molar-refractivity contribution in [1.29, 1.82) is 0 Å². The third-order valence-corrected chi connectivity index (χ3v) is 6.40. The van der Waals surface area contributed by atoms with E-state index in [2.05, 4.69) is 26.8 Å². The first kappa shape index (κ1) is 13.7. The fraction of sp³-hybridized carbons (Fsp3) is 0.714. The Kier molecular flexibility index (Phi) is 4.12. The van der Waals surface area contributed by atoms with Crippen molar-refractivity contribution in [3.05, 3.63) is 20.8 Å². The van der Waals surface area contributed by atoms with Crippen LogP contribution in [0.2, 0.25) is 4.34 Å². The van der Waals surface area contributed by atoms with Crippen molar-refractivity contribution < 1.29 is 0 Å². The number of alkyl halides is 1. The summed E-state index contributed by atoms with van der Waals surface area (Å²) in [4.78, 5) is 1.24. The molecule has 1 heterocycles. The second-order valence-corrected chi connectivity index (χ2v) is 8.00. The number of hydrogen-bond donors (Lipinski definition) is 0. The standard InChI is InChI=1S/C14H20Cl2S/c1-9-8-11(17-13(9)16)12(15)10-6-4-5-7-14(10,2)3/h8,10,12H,4-7H2,1-3H3. The molecule has 2 rings (SSSR count). The van der Waals surface area contributed by atoms with Crippen LogP contribution in [0.25, 0.3) is 0 Å². The van der Waals surface area contributed by atoms with Gasteiger partial charge < -0.3 is 0 Å². The lowest BCUT2D eigenvalue weighted by molar-refractivity contribution is 0.134. The summed E-state index contributed by atoms with van der Waals surface area (Å²) in [6.07, 6.45) is 5.20. The smallest absolute Gasteiger partial charge is 0.0960 e. The Bertz CT molecular complexity index is 375. The zero-order chi connectivity index (χ0) is 12.6. The Balaban J connectivity index is 2.21. The number of halogens is 2. The second kappa shape index (κ2) is 5.11. The number of aryl methyl sites for hydroxylation is 1. The molecular weight excluding hydrogens is 271 g/mol. The highest BCUT2D eigenvalue weighted by atomic mass is 35.5. The van der Waals surface area contributed by atoms with Crippen LogP contribution in [0.4, 0.5) is 0 Å². The van der Waals surface area contributed by atoms with Gasteiger partial charge in [0.2, 0.25) is 0 Å². The molecule has 3 heteroatoms. The van der Waals surface area contributed by atoms with Crippen LogP contribution in [0, 0.1) is 18.3 Å². The highest BCUT2D eigenvalue weighted by Gasteiger charge is 2.38. The van der Waals surface area contributed by atoms with Crippen molar-refractivity contribution in [2.45, 2.75) is 51.8 Å². The van der Waals surface area contributed by atoms with Crippen LogP contribution in [0.1, 0.15) is 55.3 Å². The van der Waals surface area contributed by atoms with E-state index in [-0.39, 0.29) is 5.38 Å². The van der Waals surface area contributed by atoms with E-state index in [1.54, 1.807) is 11.3 Å². The van der Waals surface area contributed by atoms with Gasteiger partial charge in [0.15, 0.2) is 0 Å². The van der Waals surface area contributed by atoms with Gasteiger partial charge in [-0.1, -0.05) is 38.3 Å². The van der Waals surface area contributed by atoms with Gasteiger partial charge in [0.25, 0.3) is 0 Å². The molecule has 0 saturated heterocycles. The Hall–Kier alpha value is 0.280. The second-order valence-electron chi connectivity index (χ2n) is 5.85. The first-order valence-corrected chi connectivity index (χ1v) is 7.95. The van der Waals surface area contributed by atoms with E-state index in [1.165, 1.54) is 30.6 Å². The van der Waals surface area contributed by atoms with Crippen molar-refractivity contribution in [3.8, 4) is 0 Å². The van der Waals surface area contributed by atoms with Gasteiger partial charge in [-0.25, -0.2) is 0 Å². The Morgan fingerprint density at radius 2 is 2.12 bits per heavy atom. The van der Waals surface area contributed by atoms with Crippen LogP contribution < -0.4 is 0 Å². The van der Waals surface area contributed by atoms with Crippen molar-refractivity contribution in [2.75, 3.05) is 0 Å². The molecule has 0 bridgehead atoms. The van der Waals surface area contributed by atoms with E-state index < -0.39 is 0 Å². The van der Waals surface area contributed by atoms with Gasteiger partial charge in [0, 0.05) is 4.88 Å². The van der Waals surface area contributed by atoms with Crippen LogP contribution in [0.3, 0.4) is 0 Å². The van der Waals surface area contributed by atoms with Gasteiger partial charge >= 0.3 is 0 Å². The minimum Gasteiger partial charge on any atom is -0.127 e. The fourth-order valence-corrected chi connectivity index (χ4v) is 4.81. The lowest BCUT2D eigenvalue weighted by Crippen LogP contribution is -2.30. The Labute approximate surface area is 118 Å². The van der Waals surface area contributed by atoms with Crippen LogP contribution in [-0.2, 0) is 0 Å². The van der Waals surface area contributed by atoms with Crippen molar-refractivity contribution >= 4 is 34.5 Å². The highest BCUT2D eigenvalue weighted by Crippen LogP contribution is 2.51. The van der Waals surface area contributed by atoms with Crippen LogP contribution >= 0.6 is 34.5 Å². The minimum absolute atomic E-state index is 0.126. The van der Waals surface area contributed by atoms with Gasteiger partial charge in [-0.05, 0) is 42.7 Å². The normalized spacial score (nSPS) is 25.8. The largest absolute Gasteiger partial charge is 0.127 e. The molecule has 0 nitrogen and oxygen atoms in total. The number of thiophene rings is 1. The first-order chi connectivity index (χ1) is 7.92. The lowest BCUT2D eigenvalue weighted by atomic mass is 9.67. The predicted molar refractivity (Wildman–Crippen MR) is 78.4 cm³/mol. The summed E-state index contributed by atoms with van der Waals surface area (Å²) < 4.78 is 0.888. The number of rotatable bonds is 2. The molecule has 0 spiro atoms.